The minimum atomic E-state index is 0.261. The maximum absolute atomic E-state index is 9.62. The van der Waals surface area contributed by atoms with Gasteiger partial charge in [0.15, 0.2) is 0 Å². The summed E-state index contributed by atoms with van der Waals surface area (Å²) in [6, 6.07) is 4.45. The number of phenolic OH excluding ortho intramolecular Hbond substituents is 1. The van der Waals surface area contributed by atoms with Crippen molar-refractivity contribution in [2.75, 3.05) is 6.54 Å². The molecule has 0 amide bonds. The molecule has 0 heterocycles. The van der Waals surface area contributed by atoms with Crippen molar-refractivity contribution >= 4 is 31.9 Å². The van der Waals surface area contributed by atoms with Gasteiger partial charge in [-0.3, -0.25) is 4.90 Å². The Morgan fingerprint density at radius 1 is 1.25 bits per heavy atom. The third-order valence-electron chi connectivity index (χ3n) is 2.60. The number of rotatable bonds is 4. The van der Waals surface area contributed by atoms with Gasteiger partial charge < -0.3 is 5.11 Å². The molecule has 0 aliphatic carbocycles. The number of hydrogen-bond acceptors (Lipinski definition) is 2. The van der Waals surface area contributed by atoms with Crippen LogP contribution in [0.5, 0.6) is 5.75 Å². The van der Waals surface area contributed by atoms with E-state index in [-0.39, 0.29) is 5.75 Å². The van der Waals surface area contributed by atoms with Gasteiger partial charge in [-0.05, 0) is 69.9 Å². The average molecular weight is 351 g/mol. The first-order chi connectivity index (χ1) is 7.45. The average Bonchev–Trinajstić information content (AvgIpc) is 2.21. The van der Waals surface area contributed by atoms with Crippen molar-refractivity contribution in [3.8, 4) is 5.75 Å². The fourth-order valence-corrected chi connectivity index (χ4v) is 2.88. The molecule has 0 aliphatic rings. The monoisotopic (exact) mass is 349 g/mol. The highest BCUT2D eigenvalue weighted by Gasteiger charge is 2.11. The van der Waals surface area contributed by atoms with E-state index >= 15 is 0 Å². The molecule has 0 fully saturated rings. The summed E-state index contributed by atoms with van der Waals surface area (Å²) < 4.78 is 1.47. The molecular formula is C12H17Br2NO. The summed E-state index contributed by atoms with van der Waals surface area (Å²) in [5.41, 5.74) is 1.19. The van der Waals surface area contributed by atoms with Crippen LogP contribution in [0, 0.1) is 0 Å². The first kappa shape index (κ1) is 14.0. The zero-order chi connectivity index (χ0) is 12.3. The molecule has 0 saturated carbocycles. The third-order valence-corrected chi connectivity index (χ3v) is 3.81. The Morgan fingerprint density at radius 2 is 1.75 bits per heavy atom. The number of halogens is 2. The normalized spacial score (nSPS) is 11.4. The summed E-state index contributed by atoms with van der Waals surface area (Å²) in [5, 5.41) is 9.62. The van der Waals surface area contributed by atoms with Gasteiger partial charge >= 0.3 is 0 Å². The summed E-state index contributed by atoms with van der Waals surface area (Å²) >= 11 is 6.69. The lowest BCUT2D eigenvalue weighted by molar-refractivity contribution is 0.225. The minimum Gasteiger partial charge on any atom is -0.506 e. The Morgan fingerprint density at radius 3 is 2.12 bits per heavy atom. The third kappa shape index (κ3) is 3.47. The molecule has 2 nitrogen and oxygen atoms in total. The maximum Gasteiger partial charge on any atom is 0.143 e. The number of benzene rings is 1. The Balaban J connectivity index is 2.89. The van der Waals surface area contributed by atoms with Crippen molar-refractivity contribution in [1.29, 1.82) is 0 Å². The van der Waals surface area contributed by atoms with Crippen molar-refractivity contribution in [3.05, 3.63) is 26.6 Å². The summed E-state index contributed by atoms with van der Waals surface area (Å²) in [6.45, 7) is 8.45. The summed E-state index contributed by atoms with van der Waals surface area (Å²) in [6.07, 6.45) is 0. The molecule has 1 N–H and O–H groups in total. The summed E-state index contributed by atoms with van der Waals surface area (Å²) in [4.78, 5) is 2.37. The van der Waals surface area contributed by atoms with Crippen LogP contribution in [0.4, 0.5) is 0 Å². The van der Waals surface area contributed by atoms with E-state index in [1.807, 2.05) is 12.1 Å². The van der Waals surface area contributed by atoms with E-state index in [0.29, 0.717) is 6.04 Å². The van der Waals surface area contributed by atoms with Gasteiger partial charge in [-0.15, -0.1) is 0 Å². The molecule has 0 bridgehead atoms. The van der Waals surface area contributed by atoms with Gasteiger partial charge in [0, 0.05) is 12.6 Å². The number of hydrogen-bond donors (Lipinski definition) is 1. The van der Waals surface area contributed by atoms with Crippen molar-refractivity contribution in [1.82, 2.24) is 4.90 Å². The lowest BCUT2D eigenvalue weighted by Gasteiger charge is -2.25. The first-order valence-corrected chi connectivity index (χ1v) is 6.95. The summed E-state index contributed by atoms with van der Waals surface area (Å²) in [7, 11) is 0. The molecule has 0 atom stereocenters. The Bertz CT molecular complexity index is 343. The van der Waals surface area contributed by atoms with E-state index in [4.69, 9.17) is 0 Å². The fourth-order valence-electron chi connectivity index (χ4n) is 1.60. The minimum absolute atomic E-state index is 0.261. The predicted octanol–water partition coefficient (Wildman–Crippen LogP) is 4.15. The lowest BCUT2D eigenvalue weighted by atomic mass is 10.2. The van der Waals surface area contributed by atoms with E-state index in [9.17, 15) is 5.11 Å². The second kappa shape index (κ2) is 6.03. The highest BCUT2D eigenvalue weighted by Crippen LogP contribution is 2.33. The zero-order valence-electron chi connectivity index (χ0n) is 9.80. The largest absolute Gasteiger partial charge is 0.506 e. The second-order valence-corrected chi connectivity index (χ2v) is 5.77. The van der Waals surface area contributed by atoms with Crippen LogP contribution in [0.1, 0.15) is 26.3 Å². The van der Waals surface area contributed by atoms with Crippen LogP contribution in [0.25, 0.3) is 0 Å². The van der Waals surface area contributed by atoms with Crippen molar-refractivity contribution in [3.63, 3.8) is 0 Å². The van der Waals surface area contributed by atoms with Gasteiger partial charge in [0.1, 0.15) is 5.75 Å². The summed E-state index contributed by atoms with van der Waals surface area (Å²) in [5.74, 6) is 0.261. The van der Waals surface area contributed by atoms with Crippen LogP contribution in [-0.4, -0.2) is 22.6 Å². The molecule has 1 aromatic carbocycles. The number of phenols is 1. The standard InChI is InChI=1S/C12H17Br2NO/c1-4-15(8(2)3)7-9-5-10(13)12(16)11(14)6-9/h5-6,8,16H,4,7H2,1-3H3. The first-order valence-electron chi connectivity index (χ1n) is 5.36. The van der Waals surface area contributed by atoms with Crippen LogP contribution in [0.2, 0.25) is 0 Å². The van der Waals surface area contributed by atoms with Crippen LogP contribution < -0.4 is 0 Å². The molecule has 0 radical (unpaired) electrons. The molecule has 0 spiro atoms. The Kier molecular flexibility index (Phi) is 5.28. The zero-order valence-corrected chi connectivity index (χ0v) is 13.0. The second-order valence-electron chi connectivity index (χ2n) is 4.06. The quantitative estimate of drug-likeness (QED) is 0.881. The molecule has 1 aromatic rings. The van der Waals surface area contributed by atoms with Crippen LogP contribution in [0.15, 0.2) is 21.1 Å². The van der Waals surface area contributed by atoms with Gasteiger partial charge in [0.05, 0.1) is 8.95 Å². The fraction of sp³-hybridized carbons (Fsp3) is 0.500. The van der Waals surface area contributed by atoms with Gasteiger partial charge in [-0.25, -0.2) is 0 Å². The van der Waals surface area contributed by atoms with Crippen molar-refractivity contribution < 1.29 is 5.11 Å². The molecular weight excluding hydrogens is 334 g/mol. The Labute approximate surface area is 114 Å². The topological polar surface area (TPSA) is 23.5 Å². The molecule has 0 unspecified atom stereocenters. The van der Waals surface area contributed by atoms with Crippen molar-refractivity contribution in [2.45, 2.75) is 33.4 Å². The van der Waals surface area contributed by atoms with Gasteiger partial charge in [-0.1, -0.05) is 6.92 Å². The molecule has 0 saturated heterocycles. The molecule has 4 heteroatoms. The van der Waals surface area contributed by atoms with E-state index in [2.05, 4.69) is 57.5 Å². The van der Waals surface area contributed by atoms with Crippen LogP contribution in [-0.2, 0) is 6.54 Å². The lowest BCUT2D eigenvalue weighted by Crippen LogP contribution is -2.29. The van der Waals surface area contributed by atoms with Gasteiger partial charge in [0.2, 0.25) is 0 Å². The highest BCUT2D eigenvalue weighted by molar-refractivity contribution is 9.11. The SMILES string of the molecule is CCN(Cc1cc(Br)c(O)c(Br)c1)C(C)C. The number of nitrogens with zero attached hydrogens (tertiary/aromatic N) is 1. The molecule has 0 aromatic heterocycles. The van der Waals surface area contributed by atoms with E-state index in [1.165, 1.54) is 5.56 Å². The van der Waals surface area contributed by atoms with Crippen LogP contribution in [0.3, 0.4) is 0 Å². The molecule has 1 rings (SSSR count). The molecule has 0 aliphatic heterocycles. The molecule has 16 heavy (non-hydrogen) atoms. The van der Waals surface area contributed by atoms with Gasteiger partial charge in [0.25, 0.3) is 0 Å². The predicted molar refractivity (Wildman–Crippen MR) is 74.7 cm³/mol. The highest BCUT2D eigenvalue weighted by atomic mass is 79.9. The van der Waals surface area contributed by atoms with E-state index in [1.54, 1.807) is 0 Å². The van der Waals surface area contributed by atoms with E-state index in [0.717, 1.165) is 22.0 Å². The Hall–Kier alpha value is -0.0600. The number of aromatic hydroxyl groups is 1. The smallest absolute Gasteiger partial charge is 0.143 e. The van der Waals surface area contributed by atoms with Crippen molar-refractivity contribution in [2.24, 2.45) is 0 Å². The van der Waals surface area contributed by atoms with Gasteiger partial charge in [-0.2, -0.15) is 0 Å². The van der Waals surface area contributed by atoms with E-state index < -0.39 is 0 Å². The molecule has 90 valence electrons. The van der Waals surface area contributed by atoms with Crippen LogP contribution >= 0.6 is 31.9 Å². The maximum atomic E-state index is 9.62.